The lowest BCUT2D eigenvalue weighted by molar-refractivity contribution is -0.139. The van der Waals surface area contributed by atoms with Gasteiger partial charge in [-0.05, 0) is 81.1 Å². The largest absolute Gasteiger partial charge is 0.352 e. The summed E-state index contributed by atoms with van der Waals surface area (Å²) in [5.41, 5.74) is 2.83. The van der Waals surface area contributed by atoms with Crippen LogP contribution in [0.15, 0.2) is 77.7 Å². The number of hydrogen-bond donors (Lipinski definition) is 1. The lowest BCUT2D eigenvalue weighted by Crippen LogP contribution is -2.52. The fourth-order valence-corrected chi connectivity index (χ4v) is 6.33. The minimum Gasteiger partial charge on any atom is -0.352 e. The first kappa shape index (κ1) is 29.3. The molecule has 0 bridgehead atoms. The minimum atomic E-state index is -4.20. The molecule has 0 aromatic heterocycles. The standard InChI is InChI=1S/C31H36FN3O4S/c1-22-12-18-29(19-13-22)40(38,39)35(28-16-14-26(32)15-17-28)21-30(36)34(20-25-9-5-4-8-23(25)2)24(3)31(37)33-27-10-6-7-11-27/h4-5,8-9,12-19,24,27H,6-7,10-11,20-21H2,1-3H3,(H,33,37). The van der Waals surface area contributed by atoms with E-state index in [9.17, 15) is 22.4 Å². The van der Waals surface area contributed by atoms with Gasteiger partial charge in [-0.25, -0.2) is 12.8 Å². The van der Waals surface area contributed by atoms with E-state index in [-0.39, 0.29) is 29.1 Å². The van der Waals surface area contributed by atoms with E-state index in [2.05, 4.69) is 5.32 Å². The van der Waals surface area contributed by atoms with E-state index in [1.54, 1.807) is 19.1 Å². The van der Waals surface area contributed by atoms with Crippen LogP contribution in [-0.2, 0) is 26.2 Å². The Kier molecular flexibility index (Phi) is 9.25. The summed E-state index contributed by atoms with van der Waals surface area (Å²) in [6.45, 7) is 5.01. The van der Waals surface area contributed by atoms with Crippen LogP contribution in [0.5, 0.6) is 0 Å². The predicted molar refractivity (Wildman–Crippen MR) is 154 cm³/mol. The second-order valence-corrected chi connectivity index (χ2v) is 12.3. The molecule has 0 radical (unpaired) electrons. The highest BCUT2D eigenvalue weighted by atomic mass is 32.2. The SMILES string of the molecule is Cc1ccc(S(=O)(=O)N(CC(=O)N(Cc2ccccc2C)C(C)C(=O)NC2CCCC2)c2ccc(F)cc2)cc1. The van der Waals surface area contributed by atoms with E-state index in [1.165, 1.54) is 29.2 Å². The summed E-state index contributed by atoms with van der Waals surface area (Å²) in [7, 11) is -4.20. The number of sulfonamides is 1. The highest BCUT2D eigenvalue weighted by molar-refractivity contribution is 7.92. The number of nitrogens with one attached hydrogen (secondary N) is 1. The normalized spacial score (nSPS) is 14.5. The number of aryl methyl sites for hydroxylation is 2. The third kappa shape index (κ3) is 6.88. The maximum absolute atomic E-state index is 14.0. The Bertz CT molecular complexity index is 1440. The van der Waals surface area contributed by atoms with Crippen LogP contribution in [-0.4, -0.2) is 43.8 Å². The summed E-state index contributed by atoms with van der Waals surface area (Å²) >= 11 is 0. The molecule has 2 amide bonds. The Hall–Kier alpha value is -3.72. The molecule has 1 unspecified atom stereocenters. The molecule has 1 fully saturated rings. The van der Waals surface area contributed by atoms with Crippen molar-refractivity contribution in [3.05, 3.63) is 95.3 Å². The van der Waals surface area contributed by atoms with E-state index < -0.39 is 34.3 Å². The van der Waals surface area contributed by atoms with Crippen molar-refractivity contribution in [3.63, 3.8) is 0 Å². The molecule has 1 saturated carbocycles. The zero-order valence-corrected chi connectivity index (χ0v) is 24.0. The summed E-state index contributed by atoms with van der Waals surface area (Å²) < 4.78 is 42.4. The van der Waals surface area contributed by atoms with E-state index in [4.69, 9.17) is 0 Å². The van der Waals surface area contributed by atoms with Gasteiger partial charge in [0, 0.05) is 12.6 Å². The Morgan fingerprint density at radius 2 is 1.57 bits per heavy atom. The summed E-state index contributed by atoms with van der Waals surface area (Å²) in [6.07, 6.45) is 3.90. The molecular weight excluding hydrogens is 529 g/mol. The molecule has 7 nitrogen and oxygen atoms in total. The smallest absolute Gasteiger partial charge is 0.264 e. The summed E-state index contributed by atoms with van der Waals surface area (Å²) in [6, 6.07) is 18.1. The first-order valence-electron chi connectivity index (χ1n) is 13.6. The predicted octanol–water partition coefficient (Wildman–Crippen LogP) is 5.11. The number of hydrogen-bond acceptors (Lipinski definition) is 4. The molecule has 3 aromatic rings. The average molecular weight is 566 g/mol. The van der Waals surface area contributed by atoms with Gasteiger partial charge in [0.15, 0.2) is 0 Å². The molecule has 1 N–H and O–H groups in total. The first-order valence-corrected chi connectivity index (χ1v) is 15.0. The summed E-state index contributed by atoms with van der Waals surface area (Å²) in [5, 5.41) is 3.06. The van der Waals surface area contributed by atoms with Crippen LogP contribution < -0.4 is 9.62 Å². The van der Waals surface area contributed by atoms with E-state index in [0.717, 1.165) is 58.8 Å². The number of anilines is 1. The number of carbonyl (C=O) groups excluding carboxylic acids is 2. The van der Waals surface area contributed by atoms with Crippen molar-refractivity contribution in [3.8, 4) is 0 Å². The first-order chi connectivity index (χ1) is 19.1. The highest BCUT2D eigenvalue weighted by Crippen LogP contribution is 2.26. The van der Waals surface area contributed by atoms with Crippen LogP contribution in [0.25, 0.3) is 0 Å². The molecule has 0 aliphatic heterocycles. The zero-order valence-electron chi connectivity index (χ0n) is 23.1. The van der Waals surface area contributed by atoms with E-state index >= 15 is 0 Å². The molecule has 1 aliphatic carbocycles. The topological polar surface area (TPSA) is 86.8 Å². The number of nitrogens with zero attached hydrogens (tertiary/aromatic N) is 2. The minimum absolute atomic E-state index is 0.00713. The van der Waals surface area contributed by atoms with Crippen LogP contribution in [0.4, 0.5) is 10.1 Å². The van der Waals surface area contributed by atoms with Crippen molar-refractivity contribution in [1.29, 1.82) is 0 Å². The highest BCUT2D eigenvalue weighted by Gasteiger charge is 2.33. The van der Waals surface area contributed by atoms with Crippen molar-refractivity contribution in [2.24, 2.45) is 0 Å². The fraction of sp³-hybridized carbons (Fsp3) is 0.355. The molecule has 1 aliphatic rings. The molecule has 3 aromatic carbocycles. The number of carbonyl (C=O) groups is 2. The van der Waals surface area contributed by atoms with Crippen molar-refractivity contribution in [2.75, 3.05) is 10.8 Å². The van der Waals surface area contributed by atoms with Crippen molar-refractivity contribution >= 4 is 27.5 Å². The molecule has 0 spiro atoms. The van der Waals surface area contributed by atoms with Crippen LogP contribution >= 0.6 is 0 Å². The van der Waals surface area contributed by atoms with E-state index in [0.29, 0.717) is 0 Å². The molecule has 4 rings (SSSR count). The van der Waals surface area contributed by atoms with Crippen LogP contribution in [0.2, 0.25) is 0 Å². The monoisotopic (exact) mass is 565 g/mol. The van der Waals surface area contributed by atoms with Crippen molar-refractivity contribution in [1.82, 2.24) is 10.2 Å². The second kappa shape index (κ2) is 12.6. The molecule has 9 heteroatoms. The Balaban J connectivity index is 1.69. The zero-order chi connectivity index (χ0) is 28.9. The fourth-order valence-electron chi connectivity index (χ4n) is 4.92. The third-order valence-corrected chi connectivity index (χ3v) is 9.26. The number of rotatable bonds is 10. The Morgan fingerprint density at radius 1 is 0.950 bits per heavy atom. The molecule has 40 heavy (non-hydrogen) atoms. The van der Waals surface area contributed by atoms with Gasteiger partial charge < -0.3 is 10.2 Å². The van der Waals surface area contributed by atoms with Crippen LogP contribution in [0.3, 0.4) is 0 Å². The molecular formula is C31H36FN3O4S. The second-order valence-electron chi connectivity index (χ2n) is 10.4. The third-order valence-electron chi connectivity index (χ3n) is 7.47. The molecule has 0 heterocycles. The van der Waals surface area contributed by atoms with E-state index in [1.807, 2.05) is 38.1 Å². The van der Waals surface area contributed by atoms with Crippen LogP contribution in [0.1, 0.15) is 49.3 Å². The maximum Gasteiger partial charge on any atom is 0.264 e. The summed E-state index contributed by atoms with van der Waals surface area (Å²) in [4.78, 5) is 28.7. The van der Waals surface area contributed by atoms with Gasteiger partial charge >= 0.3 is 0 Å². The van der Waals surface area contributed by atoms with Gasteiger partial charge in [-0.2, -0.15) is 0 Å². The van der Waals surface area contributed by atoms with Crippen molar-refractivity contribution in [2.45, 2.75) is 70.0 Å². The number of benzene rings is 3. The lowest BCUT2D eigenvalue weighted by atomic mass is 10.1. The van der Waals surface area contributed by atoms with Gasteiger partial charge in [0.2, 0.25) is 11.8 Å². The van der Waals surface area contributed by atoms with Crippen molar-refractivity contribution < 1.29 is 22.4 Å². The summed E-state index contributed by atoms with van der Waals surface area (Å²) in [5.74, 6) is -1.35. The number of halogens is 1. The molecule has 0 saturated heterocycles. The molecule has 212 valence electrons. The maximum atomic E-state index is 14.0. The van der Waals surface area contributed by atoms with Gasteiger partial charge in [0.1, 0.15) is 18.4 Å². The van der Waals surface area contributed by atoms with Gasteiger partial charge in [0.05, 0.1) is 10.6 Å². The molecule has 1 atom stereocenters. The van der Waals surface area contributed by atoms with Gasteiger partial charge in [-0.15, -0.1) is 0 Å². The Morgan fingerprint density at radius 3 is 2.20 bits per heavy atom. The number of amides is 2. The quantitative estimate of drug-likeness (QED) is 0.370. The van der Waals surface area contributed by atoms with Crippen LogP contribution in [0, 0.1) is 19.7 Å². The van der Waals surface area contributed by atoms with Gasteiger partial charge in [-0.1, -0.05) is 54.8 Å². The van der Waals surface area contributed by atoms with Gasteiger partial charge in [0.25, 0.3) is 10.0 Å². The lowest BCUT2D eigenvalue weighted by Gasteiger charge is -2.32. The Labute approximate surface area is 236 Å². The average Bonchev–Trinajstić information content (AvgIpc) is 3.44. The van der Waals surface area contributed by atoms with Gasteiger partial charge in [-0.3, -0.25) is 13.9 Å².